The Bertz CT molecular complexity index is 717. The highest BCUT2D eigenvalue weighted by molar-refractivity contribution is 5.96. The molecule has 1 aliphatic rings. The highest BCUT2D eigenvalue weighted by Gasteiger charge is 2.45. The van der Waals surface area contributed by atoms with E-state index in [2.05, 4.69) is 0 Å². The van der Waals surface area contributed by atoms with E-state index in [0.717, 1.165) is 16.7 Å². The number of hydrogen-bond acceptors (Lipinski definition) is 1. The zero-order chi connectivity index (χ0) is 14.5. The summed E-state index contributed by atoms with van der Waals surface area (Å²) in [6.45, 7) is 3.70. The number of hydrogen-bond donors (Lipinski definition) is 0. The number of Topliss-reactive ketones (excluding diaryl/α,β-unsaturated/α-hetero) is 1. The lowest BCUT2D eigenvalue weighted by Crippen LogP contribution is -2.26. The third-order valence-corrected chi connectivity index (χ3v) is 3.92. The summed E-state index contributed by atoms with van der Waals surface area (Å²) in [5.41, 5.74) is 3.50. The Morgan fingerprint density at radius 1 is 0.950 bits per heavy atom. The van der Waals surface area contributed by atoms with Gasteiger partial charge in [-0.2, -0.15) is 8.78 Å². The van der Waals surface area contributed by atoms with E-state index in [0.29, 0.717) is 11.1 Å². The van der Waals surface area contributed by atoms with Gasteiger partial charge in [0.05, 0.1) is 0 Å². The van der Waals surface area contributed by atoms with E-state index in [-0.39, 0.29) is 12.0 Å². The molecule has 0 radical (unpaired) electrons. The van der Waals surface area contributed by atoms with Crippen molar-refractivity contribution in [1.82, 2.24) is 0 Å². The maximum Gasteiger partial charge on any atom is 0.331 e. The smallest absolute Gasteiger partial charge is 0.292 e. The number of fused-ring (bicyclic) bond motifs is 3. The van der Waals surface area contributed by atoms with Gasteiger partial charge in [0.2, 0.25) is 5.78 Å². The number of rotatable bonds is 0. The zero-order valence-electron chi connectivity index (χ0n) is 11.3. The molecule has 102 valence electrons. The Balaban J connectivity index is 2.47. The van der Waals surface area contributed by atoms with E-state index < -0.39 is 11.7 Å². The van der Waals surface area contributed by atoms with Crippen LogP contribution in [0.4, 0.5) is 8.78 Å². The fourth-order valence-electron chi connectivity index (χ4n) is 2.93. The van der Waals surface area contributed by atoms with Gasteiger partial charge in [-0.25, -0.2) is 0 Å². The molecule has 2 aromatic carbocycles. The maximum absolute atomic E-state index is 14.4. The van der Waals surface area contributed by atoms with Gasteiger partial charge in [-0.3, -0.25) is 4.79 Å². The van der Waals surface area contributed by atoms with Gasteiger partial charge in [-0.15, -0.1) is 0 Å². The van der Waals surface area contributed by atoms with Gasteiger partial charge in [-0.05, 0) is 41.7 Å². The number of benzene rings is 2. The number of halogens is 2. The molecule has 20 heavy (non-hydrogen) atoms. The standard InChI is InChI=1S/C17H14F2O/c1-10-5-3-7-12-9-14(20)17(18,19)13-8-4-6-11(2)16(13)15(10)12/h3-8H,9H2,1-2H3. The molecule has 0 spiro atoms. The molecule has 3 rings (SSSR count). The Labute approximate surface area is 116 Å². The van der Waals surface area contributed by atoms with Crippen molar-refractivity contribution in [2.75, 3.05) is 0 Å². The normalized spacial score (nSPS) is 16.3. The topological polar surface area (TPSA) is 17.1 Å². The largest absolute Gasteiger partial charge is 0.331 e. The van der Waals surface area contributed by atoms with Crippen molar-refractivity contribution in [1.29, 1.82) is 0 Å². The van der Waals surface area contributed by atoms with Crippen LogP contribution >= 0.6 is 0 Å². The average molecular weight is 272 g/mol. The Morgan fingerprint density at radius 2 is 1.55 bits per heavy atom. The molecule has 0 N–H and O–H groups in total. The Morgan fingerprint density at radius 3 is 2.25 bits per heavy atom. The molecule has 3 heteroatoms. The second kappa shape index (κ2) is 4.23. The van der Waals surface area contributed by atoms with Crippen molar-refractivity contribution in [3.63, 3.8) is 0 Å². The minimum absolute atomic E-state index is 0.171. The number of aryl methyl sites for hydroxylation is 2. The van der Waals surface area contributed by atoms with Crippen molar-refractivity contribution in [3.8, 4) is 11.1 Å². The first-order valence-electron chi connectivity index (χ1n) is 6.53. The van der Waals surface area contributed by atoms with E-state index in [9.17, 15) is 13.6 Å². The van der Waals surface area contributed by atoms with Crippen LogP contribution in [-0.2, 0) is 17.1 Å². The number of ketones is 1. The maximum atomic E-state index is 14.4. The highest BCUT2D eigenvalue weighted by Crippen LogP contribution is 2.44. The van der Waals surface area contributed by atoms with Gasteiger partial charge < -0.3 is 0 Å². The second-order valence-electron chi connectivity index (χ2n) is 5.28. The van der Waals surface area contributed by atoms with E-state index >= 15 is 0 Å². The van der Waals surface area contributed by atoms with Crippen molar-refractivity contribution < 1.29 is 13.6 Å². The van der Waals surface area contributed by atoms with Crippen molar-refractivity contribution in [3.05, 3.63) is 58.7 Å². The van der Waals surface area contributed by atoms with E-state index in [1.807, 2.05) is 19.1 Å². The van der Waals surface area contributed by atoms with Crippen LogP contribution in [0.3, 0.4) is 0 Å². The minimum Gasteiger partial charge on any atom is -0.292 e. The molecular weight excluding hydrogens is 258 g/mol. The zero-order valence-corrected chi connectivity index (χ0v) is 11.3. The molecule has 1 aliphatic carbocycles. The predicted octanol–water partition coefficient (Wildman–Crippen LogP) is 4.19. The first-order chi connectivity index (χ1) is 9.43. The first kappa shape index (κ1) is 13.0. The van der Waals surface area contributed by atoms with E-state index in [1.54, 1.807) is 25.1 Å². The van der Waals surface area contributed by atoms with Crippen LogP contribution in [0.1, 0.15) is 22.3 Å². The minimum atomic E-state index is -3.42. The van der Waals surface area contributed by atoms with Crippen LogP contribution in [-0.4, -0.2) is 5.78 Å². The molecule has 1 nitrogen and oxygen atoms in total. The molecular formula is C17H14F2O. The molecule has 0 atom stereocenters. The van der Waals surface area contributed by atoms with E-state index in [4.69, 9.17) is 0 Å². The number of carbonyl (C=O) groups is 1. The summed E-state index contributed by atoms with van der Waals surface area (Å²) in [6.07, 6.45) is -0.224. The molecule has 0 aliphatic heterocycles. The highest BCUT2D eigenvalue weighted by atomic mass is 19.3. The van der Waals surface area contributed by atoms with Gasteiger partial charge >= 0.3 is 5.92 Å². The van der Waals surface area contributed by atoms with Crippen molar-refractivity contribution in [2.24, 2.45) is 0 Å². The second-order valence-corrected chi connectivity index (χ2v) is 5.28. The third-order valence-electron chi connectivity index (χ3n) is 3.92. The summed E-state index contributed by atoms with van der Waals surface area (Å²) in [6, 6.07) is 10.2. The van der Waals surface area contributed by atoms with Gasteiger partial charge in [0.1, 0.15) is 0 Å². The van der Waals surface area contributed by atoms with Crippen LogP contribution < -0.4 is 0 Å². The van der Waals surface area contributed by atoms with Gasteiger partial charge in [0, 0.05) is 12.0 Å². The lowest BCUT2D eigenvalue weighted by molar-refractivity contribution is -0.143. The molecule has 0 amide bonds. The van der Waals surface area contributed by atoms with E-state index in [1.165, 1.54) is 6.07 Å². The third kappa shape index (κ3) is 1.69. The Hall–Kier alpha value is -2.03. The van der Waals surface area contributed by atoms with Crippen LogP contribution in [0.5, 0.6) is 0 Å². The monoisotopic (exact) mass is 272 g/mol. The summed E-state index contributed by atoms with van der Waals surface area (Å²) < 4.78 is 28.8. The first-order valence-corrected chi connectivity index (χ1v) is 6.53. The Kier molecular flexibility index (Phi) is 2.75. The number of carbonyl (C=O) groups excluding carboxylic acids is 1. The summed E-state index contributed by atoms with van der Waals surface area (Å²) in [5, 5.41) is 0. The molecule has 0 saturated carbocycles. The van der Waals surface area contributed by atoms with Gasteiger partial charge in [-0.1, -0.05) is 36.4 Å². The predicted molar refractivity (Wildman–Crippen MR) is 74.0 cm³/mol. The molecule has 0 unspecified atom stereocenters. The lowest BCUT2D eigenvalue weighted by atomic mass is 9.89. The van der Waals surface area contributed by atoms with Crippen LogP contribution in [0, 0.1) is 13.8 Å². The lowest BCUT2D eigenvalue weighted by Gasteiger charge is -2.18. The molecule has 0 saturated heterocycles. The van der Waals surface area contributed by atoms with Crippen molar-refractivity contribution >= 4 is 5.78 Å². The summed E-state index contributed by atoms with van der Waals surface area (Å²) in [4.78, 5) is 11.9. The summed E-state index contributed by atoms with van der Waals surface area (Å²) in [5.74, 6) is -4.46. The van der Waals surface area contributed by atoms with Crippen LogP contribution in [0.25, 0.3) is 11.1 Å². The van der Waals surface area contributed by atoms with Gasteiger partial charge in [0.25, 0.3) is 0 Å². The quantitative estimate of drug-likeness (QED) is 0.703. The molecule has 0 fully saturated rings. The fourth-order valence-corrected chi connectivity index (χ4v) is 2.93. The average Bonchev–Trinajstić information content (AvgIpc) is 2.47. The van der Waals surface area contributed by atoms with Crippen LogP contribution in [0.2, 0.25) is 0 Å². The fraction of sp³-hybridized carbons (Fsp3) is 0.235. The van der Waals surface area contributed by atoms with Crippen molar-refractivity contribution in [2.45, 2.75) is 26.2 Å². The molecule has 0 bridgehead atoms. The SMILES string of the molecule is Cc1cccc2c1-c1c(C)cccc1C(F)(F)C(=O)C2. The molecule has 2 aromatic rings. The molecule has 0 aromatic heterocycles. The summed E-state index contributed by atoms with van der Waals surface area (Å²) >= 11 is 0. The number of alkyl halides is 2. The molecule has 0 heterocycles. The van der Waals surface area contributed by atoms with Crippen LogP contribution in [0.15, 0.2) is 36.4 Å². The van der Waals surface area contributed by atoms with Gasteiger partial charge in [0.15, 0.2) is 0 Å². The summed E-state index contributed by atoms with van der Waals surface area (Å²) in [7, 11) is 0.